The summed E-state index contributed by atoms with van der Waals surface area (Å²) in [5.74, 6) is 1.08. The summed E-state index contributed by atoms with van der Waals surface area (Å²) >= 11 is 0. The summed E-state index contributed by atoms with van der Waals surface area (Å²) in [5.41, 5.74) is 5.34. The molecular weight excluding hydrogens is 417 g/mol. The molecule has 1 amide bonds. The van der Waals surface area contributed by atoms with Crippen LogP contribution in [-0.2, 0) is 4.79 Å². The normalized spacial score (nSPS) is 18.9. The van der Waals surface area contributed by atoms with Crippen LogP contribution in [0.15, 0.2) is 4.99 Å². The SMILES string of the molecule is CN=C(NCCN(C(C)C)C(C)C)N1CCCC(CC(N)=O)C1.I. The first kappa shape index (κ1) is 23.4. The minimum absolute atomic E-state index is 0. The number of carbonyl (C=O) groups is 1. The molecule has 1 aliphatic heterocycles. The number of guanidine groups is 1. The minimum atomic E-state index is -0.204. The molecule has 1 unspecified atom stereocenters. The molecule has 0 aliphatic carbocycles. The lowest BCUT2D eigenvalue weighted by molar-refractivity contribution is -0.119. The van der Waals surface area contributed by atoms with E-state index < -0.39 is 0 Å². The van der Waals surface area contributed by atoms with Crippen molar-refractivity contribution >= 4 is 35.8 Å². The Morgan fingerprint density at radius 3 is 2.46 bits per heavy atom. The Morgan fingerprint density at radius 2 is 1.96 bits per heavy atom. The van der Waals surface area contributed by atoms with Gasteiger partial charge in [0.1, 0.15) is 0 Å². The van der Waals surface area contributed by atoms with Gasteiger partial charge in [-0.1, -0.05) is 0 Å². The van der Waals surface area contributed by atoms with E-state index in [0.717, 1.165) is 45.0 Å². The molecule has 0 aromatic rings. The summed E-state index contributed by atoms with van der Waals surface area (Å²) < 4.78 is 0. The Labute approximate surface area is 164 Å². The van der Waals surface area contributed by atoms with E-state index >= 15 is 0 Å². The van der Waals surface area contributed by atoms with E-state index in [-0.39, 0.29) is 29.9 Å². The fourth-order valence-electron chi connectivity index (χ4n) is 3.45. The molecule has 0 spiro atoms. The minimum Gasteiger partial charge on any atom is -0.370 e. The van der Waals surface area contributed by atoms with Gasteiger partial charge in [0, 0.05) is 51.7 Å². The first-order valence-electron chi connectivity index (χ1n) is 8.84. The Hall–Kier alpha value is -0.570. The molecule has 3 N–H and O–H groups in total. The van der Waals surface area contributed by atoms with Crippen molar-refractivity contribution in [3.63, 3.8) is 0 Å². The molecule has 1 heterocycles. The number of primary amides is 1. The highest BCUT2D eigenvalue weighted by atomic mass is 127. The van der Waals surface area contributed by atoms with E-state index in [9.17, 15) is 4.79 Å². The Kier molecular flexibility index (Phi) is 11.6. The first-order valence-corrected chi connectivity index (χ1v) is 8.84. The zero-order valence-electron chi connectivity index (χ0n) is 15.9. The van der Waals surface area contributed by atoms with Crippen LogP contribution in [0.3, 0.4) is 0 Å². The molecule has 0 bridgehead atoms. The van der Waals surface area contributed by atoms with Crippen molar-refractivity contribution in [3.05, 3.63) is 0 Å². The standard InChI is InChI=1S/C17H35N5O.HI/c1-13(2)22(14(3)4)10-8-20-17(19-5)21-9-6-7-15(12-21)11-16(18)23;/h13-15H,6-12H2,1-5H3,(H2,18,23)(H,19,20);1H. The highest BCUT2D eigenvalue weighted by Gasteiger charge is 2.23. The molecule has 1 atom stereocenters. The van der Waals surface area contributed by atoms with Crippen LogP contribution in [-0.4, -0.2) is 67.0 Å². The van der Waals surface area contributed by atoms with Crippen LogP contribution in [0.25, 0.3) is 0 Å². The number of piperidine rings is 1. The molecule has 7 heteroatoms. The lowest BCUT2D eigenvalue weighted by Crippen LogP contribution is -2.49. The van der Waals surface area contributed by atoms with E-state index in [1.165, 1.54) is 0 Å². The van der Waals surface area contributed by atoms with Crippen molar-refractivity contribution in [3.8, 4) is 0 Å². The van der Waals surface area contributed by atoms with Gasteiger partial charge in [-0.25, -0.2) is 0 Å². The third-order valence-corrected chi connectivity index (χ3v) is 4.50. The van der Waals surface area contributed by atoms with Crippen LogP contribution >= 0.6 is 24.0 Å². The monoisotopic (exact) mass is 453 g/mol. The van der Waals surface area contributed by atoms with Gasteiger partial charge in [-0.3, -0.25) is 14.7 Å². The Bertz CT molecular complexity index is 392. The van der Waals surface area contributed by atoms with E-state index in [0.29, 0.717) is 24.4 Å². The molecule has 1 rings (SSSR count). The molecule has 6 nitrogen and oxygen atoms in total. The maximum absolute atomic E-state index is 11.1. The molecule has 0 aromatic carbocycles. The zero-order valence-corrected chi connectivity index (χ0v) is 18.2. The fraction of sp³-hybridized carbons (Fsp3) is 0.882. The van der Waals surface area contributed by atoms with Crippen LogP contribution in [0.4, 0.5) is 0 Å². The maximum Gasteiger partial charge on any atom is 0.217 e. The van der Waals surface area contributed by atoms with Crippen molar-refractivity contribution in [1.29, 1.82) is 0 Å². The Balaban J connectivity index is 0.00000529. The van der Waals surface area contributed by atoms with Gasteiger partial charge < -0.3 is 16.0 Å². The number of carbonyl (C=O) groups excluding carboxylic acids is 1. The van der Waals surface area contributed by atoms with Gasteiger partial charge >= 0.3 is 0 Å². The second kappa shape index (κ2) is 11.9. The van der Waals surface area contributed by atoms with Gasteiger partial charge in [-0.2, -0.15) is 0 Å². The number of amides is 1. The van der Waals surface area contributed by atoms with Gasteiger partial charge in [0.2, 0.25) is 5.91 Å². The summed E-state index contributed by atoms with van der Waals surface area (Å²) in [6, 6.07) is 1.07. The summed E-state index contributed by atoms with van der Waals surface area (Å²) in [6.07, 6.45) is 2.63. The Morgan fingerprint density at radius 1 is 1.33 bits per heavy atom. The quantitative estimate of drug-likeness (QED) is 0.351. The van der Waals surface area contributed by atoms with Crippen LogP contribution in [0.5, 0.6) is 0 Å². The fourth-order valence-corrected chi connectivity index (χ4v) is 3.45. The van der Waals surface area contributed by atoms with Crippen molar-refractivity contribution in [2.24, 2.45) is 16.6 Å². The van der Waals surface area contributed by atoms with Gasteiger partial charge in [0.15, 0.2) is 5.96 Å². The van der Waals surface area contributed by atoms with Crippen molar-refractivity contribution in [2.45, 2.75) is 59.0 Å². The summed E-state index contributed by atoms with van der Waals surface area (Å²) in [6.45, 7) is 12.6. The molecule has 0 saturated carbocycles. The predicted octanol–water partition coefficient (Wildman–Crippen LogP) is 1.89. The van der Waals surface area contributed by atoms with Crippen LogP contribution in [0, 0.1) is 5.92 Å². The van der Waals surface area contributed by atoms with Gasteiger partial charge in [-0.05, 0) is 46.5 Å². The molecule has 0 aromatic heterocycles. The topological polar surface area (TPSA) is 74.0 Å². The average Bonchev–Trinajstić information content (AvgIpc) is 2.46. The highest BCUT2D eigenvalue weighted by molar-refractivity contribution is 14.0. The van der Waals surface area contributed by atoms with Crippen LogP contribution in [0.2, 0.25) is 0 Å². The highest BCUT2D eigenvalue weighted by Crippen LogP contribution is 2.19. The molecule has 1 fully saturated rings. The maximum atomic E-state index is 11.1. The number of likely N-dealkylation sites (tertiary alicyclic amines) is 1. The van der Waals surface area contributed by atoms with Crippen molar-refractivity contribution in [1.82, 2.24) is 15.1 Å². The number of nitrogens with two attached hydrogens (primary N) is 1. The van der Waals surface area contributed by atoms with Gasteiger partial charge in [0.05, 0.1) is 0 Å². The smallest absolute Gasteiger partial charge is 0.217 e. The molecule has 1 aliphatic rings. The summed E-state index contributed by atoms with van der Waals surface area (Å²) in [7, 11) is 1.82. The average molecular weight is 453 g/mol. The van der Waals surface area contributed by atoms with Crippen molar-refractivity contribution in [2.75, 3.05) is 33.2 Å². The summed E-state index contributed by atoms with van der Waals surface area (Å²) in [5, 5.41) is 3.47. The van der Waals surface area contributed by atoms with E-state index in [4.69, 9.17) is 5.73 Å². The third-order valence-electron chi connectivity index (χ3n) is 4.50. The number of hydrogen-bond donors (Lipinski definition) is 2. The second-order valence-corrected chi connectivity index (χ2v) is 7.02. The van der Waals surface area contributed by atoms with E-state index in [2.05, 4.69) is 47.8 Å². The lowest BCUT2D eigenvalue weighted by Gasteiger charge is -2.35. The molecule has 24 heavy (non-hydrogen) atoms. The zero-order chi connectivity index (χ0) is 17.4. The molecule has 142 valence electrons. The first-order chi connectivity index (χ1) is 10.8. The molecule has 0 radical (unpaired) electrons. The third kappa shape index (κ3) is 8.00. The molecular formula is C17H36IN5O. The number of aliphatic imine (C=N–C) groups is 1. The van der Waals surface area contributed by atoms with Gasteiger partial charge in [-0.15, -0.1) is 24.0 Å². The predicted molar refractivity (Wildman–Crippen MR) is 112 cm³/mol. The number of rotatable bonds is 7. The lowest BCUT2D eigenvalue weighted by atomic mass is 9.95. The number of nitrogens with zero attached hydrogens (tertiary/aromatic N) is 3. The number of hydrogen-bond acceptors (Lipinski definition) is 3. The summed E-state index contributed by atoms with van der Waals surface area (Å²) in [4.78, 5) is 20.3. The van der Waals surface area contributed by atoms with E-state index in [1.807, 2.05) is 7.05 Å². The molecule has 1 saturated heterocycles. The number of halogens is 1. The largest absolute Gasteiger partial charge is 0.370 e. The van der Waals surface area contributed by atoms with E-state index in [1.54, 1.807) is 0 Å². The number of nitrogens with one attached hydrogen (secondary N) is 1. The van der Waals surface area contributed by atoms with Crippen LogP contribution < -0.4 is 11.1 Å². The van der Waals surface area contributed by atoms with Gasteiger partial charge in [0.25, 0.3) is 0 Å². The van der Waals surface area contributed by atoms with Crippen molar-refractivity contribution < 1.29 is 4.79 Å². The van der Waals surface area contributed by atoms with Crippen LogP contribution in [0.1, 0.15) is 47.0 Å². The second-order valence-electron chi connectivity index (χ2n) is 7.02.